The van der Waals surface area contributed by atoms with E-state index < -0.39 is 5.97 Å². The fraction of sp³-hybridized carbons (Fsp3) is 0.462. The zero-order chi connectivity index (χ0) is 13.4. The summed E-state index contributed by atoms with van der Waals surface area (Å²) in [6.07, 6.45) is 3.05. The first kappa shape index (κ1) is 14.8. The van der Waals surface area contributed by atoms with Crippen molar-refractivity contribution >= 4 is 23.3 Å². The average Bonchev–Trinajstić information content (AvgIpc) is 2.35. The predicted octanol–water partition coefficient (Wildman–Crippen LogP) is 3.27. The van der Waals surface area contributed by atoms with E-state index in [1.165, 1.54) is 6.07 Å². The highest BCUT2D eigenvalue weighted by atomic mass is 35.5. The van der Waals surface area contributed by atoms with Crippen molar-refractivity contribution < 1.29 is 14.6 Å². The summed E-state index contributed by atoms with van der Waals surface area (Å²) in [6.45, 7) is 1.51. The number of hydrogen-bond donors (Lipinski definition) is 2. The van der Waals surface area contributed by atoms with Crippen LogP contribution >= 0.6 is 11.6 Å². The molecule has 0 bridgehead atoms. The Bertz CT molecular complexity index is 396. The van der Waals surface area contributed by atoms with Gasteiger partial charge in [0.1, 0.15) is 0 Å². The Balaban J connectivity index is 2.44. The van der Waals surface area contributed by atoms with Crippen LogP contribution in [0.4, 0.5) is 5.69 Å². The molecule has 100 valence electrons. The minimum atomic E-state index is -0.973. The van der Waals surface area contributed by atoms with Crippen molar-refractivity contribution in [2.45, 2.75) is 19.3 Å². The second kappa shape index (κ2) is 7.95. The Kier molecular flexibility index (Phi) is 6.54. The quantitative estimate of drug-likeness (QED) is 0.713. The number of halogens is 1. The van der Waals surface area contributed by atoms with E-state index >= 15 is 0 Å². The zero-order valence-electron chi connectivity index (χ0n) is 10.4. The predicted molar refractivity (Wildman–Crippen MR) is 72.6 cm³/mol. The van der Waals surface area contributed by atoms with E-state index in [4.69, 9.17) is 21.4 Å². The van der Waals surface area contributed by atoms with Crippen LogP contribution in [0.2, 0.25) is 5.02 Å². The molecule has 0 heterocycles. The van der Waals surface area contributed by atoms with Crippen molar-refractivity contribution in [2.75, 3.05) is 25.6 Å². The molecule has 0 aliphatic carbocycles. The van der Waals surface area contributed by atoms with E-state index in [0.717, 1.165) is 32.4 Å². The van der Waals surface area contributed by atoms with Gasteiger partial charge in [0, 0.05) is 31.0 Å². The Morgan fingerprint density at radius 1 is 1.39 bits per heavy atom. The van der Waals surface area contributed by atoms with Gasteiger partial charge in [0.05, 0.1) is 5.56 Å². The molecular formula is C13H18ClNO3. The Morgan fingerprint density at radius 3 is 2.83 bits per heavy atom. The van der Waals surface area contributed by atoms with Crippen molar-refractivity contribution in [3.8, 4) is 0 Å². The first-order chi connectivity index (χ1) is 8.65. The standard InChI is InChI=1S/C13H18ClNO3/c1-18-8-4-2-3-7-15-12-6-5-10(14)9-11(12)13(16)17/h5-6,9,15H,2-4,7-8H2,1H3,(H,16,17). The number of nitrogens with one attached hydrogen (secondary N) is 1. The Morgan fingerprint density at radius 2 is 2.17 bits per heavy atom. The van der Waals surface area contributed by atoms with Gasteiger partial charge in [-0.2, -0.15) is 0 Å². The van der Waals surface area contributed by atoms with Crippen LogP contribution in [0.15, 0.2) is 18.2 Å². The van der Waals surface area contributed by atoms with Crippen LogP contribution in [0.25, 0.3) is 0 Å². The summed E-state index contributed by atoms with van der Waals surface area (Å²) in [6, 6.07) is 4.83. The molecule has 0 atom stereocenters. The minimum Gasteiger partial charge on any atom is -0.478 e. The van der Waals surface area contributed by atoms with Crippen molar-refractivity contribution in [3.05, 3.63) is 28.8 Å². The third-order valence-electron chi connectivity index (χ3n) is 2.55. The van der Waals surface area contributed by atoms with Crippen LogP contribution in [0.5, 0.6) is 0 Å². The molecule has 0 saturated carbocycles. The fourth-order valence-corrected chi connectivity index (χ4v) is 1.79. The maximum absolute atomic E-state index is 11.0. The van der Waals surface area contributed by atoms with Gasteiger partial charge in [-0.1, -0.05) is 11.6 Å². The molecule has 0 spiro atoms. The summed E-state index contributed by atoms with van der Waals surface area (Å²) in [5, 5.41) is 12.6. The van der Waals surface area contributed by atoms with E-state index in [-0.39, 0.29) is 5.56 Å². The molecular weight excluding hydrogens is 254 g/mol. The Labute approximate surface area is 112 Å². The van der Waals surface area contributed by atoms with Crippen LogP contribution in [0.3, 0.4) is 0 Å². The molecule has 0 aliphatic heterocycles. The van der Waals surface area contributed by atoms with E-state index in [0.29, 0.717) is 10.7 Å². The smallest absolute Gasteiger partial charge is 0.337 e. The SMILES string of the molecule is COCCCCCNc1ccc(Cl)cc1C(=O)O. The maximum atomic E-state index is 11.0. The Hall–Kier alpha value is -1.26. The fourth-order valence-electron chi connectivity index (χ4n) is 1.62. The number of benzene rings is 1. The number of methoxy groups -OCH3 is 1. The first-order valence-corrected chi connectivity index (χ1v) is 6.28. The van der Waals surface area contributed by atoms with Gasteiger partial charge < -0.3 is 15.2 Å². The number of aromatic carboxylic acids is 1. The topological polar surface area (TPSA) is 58.6 Å². The molecule has 0 unspecified atom stereocenters. The van der Waals surface area contributed by atoms with Gasteiger partial charge >= 0.3 is 5.97 Å². The van der Waals surface area contributed by atoms with E-state index in [2.05, 4.69) is 5.32 Å². The molecule has 0 aromatic heterocycles. The number of ether oxygens (including phenoxy) is 1. The monoisotopic (exact) mass is 271 g/mol. The lowest BCUT2D eigenvalue weighted by atomic mass is 10.1. The molecule has 0 radical (unpaired) electrons. The molecule has 0 aliphatic rings. The summed E-state index contributed by atoms with van der Waals surface area (Å²) in [5.74, 6) is -0.973. The molecule has 1 aromatic rings. The van der Waals surface area contributed by atoms with Gasteiger partial charge in [0.25, 0.3) is 0 Å². The molecule has 0 amide bonds. The highest BCUT2D eigenvalue weighted by Gasteiger charge is 2.09. The molecule has 18 heavy (non-hydrogen) atoms. The van der Waals surface area contributed by atoms with Crippen LogP contribution < -0.4 is 5.32 Å². The van der Waals surface area contributed by atoms with Crippen molar-refractivity contribution in [2.24, 2.45) is 0 Å². The largest absolute Gasteiger partial charge is 0.478 e. The summed E-state index contributed by atoms with van der Waals surface area (Å²) in [4.78, 5) is 11.0. The molecule has 1 aromatic carbocycles. The van der Waals surface area contributed by atoms with Crippen LogP contribution in [0.1, 0.15) is 29.6 Å². The number of carbonyl (C=O) groups is 1. The van der Waals surface area contributed by atoms with Crippen molar-refractivity contribution in [1.29, 1.82) is 0 Å². The summed E-state index contributed by atoms with van der Waals surface area (Å²) in [7, 11) is 1.69. The minimum absolute atomic E-state index is 0.208. The van der Waals surface area contributed by atoms with Gasteiger partial charge in [0.2, 0.25) is 0 Å². The van der Waals surface area contributed by atoms with Crippen molar-refractivity contribution in [1.82, 2.24) is 0 Å². The van der Waals surface area contributed by atoms with Crippen LogP contribution in [-0.4, -0.2) is 31.3 Å². The first-order valence-electron chi connectivity index (χ1n) is 5.91. The lowest BCUT2D eigenvalue weighted by Crippen LogP contribution is -2.07. The van der Waals surface area contributed by atoms with Crippen LogP contribution in [0, 0.1) is 0 Å². The number of unbranched alkanes of at least 4 members (excludes halogenated alkanes) is 2. The van der Waals surface area contributed by atoms with E-state index in [9.17, 15) is 4.79 Å². The maximum Gasteiger partial charge on any atom is 0.337 e. The number of carboxylic acids is 1. The lowest BCUT2D eigenvalue weighted by molar-refractivity contribution is 0.0698. The van der Waals surface area contributed by atoms with Gasteiger partial charge in [-0.3, -0.25) is 0 Å². The van der Waals surface area contributed by atoms with Crippen molar-refractivity contribution in [3.63, 3.8) is 0 Å². The zero-order valence-corrected chi connectivity index (χ0v) is 11.2. The third-order valence-corrected chi connectivity index (χ3v) is 2.79. The molecule has 0 saturated heterocycles. The van der Waals surface area contributed by atoms with Gasteiger partial charge in [-0.25, -0.2) is 4.79 Å². The highest BCUT2D eigenvalue weighted by Crippen LogP contribution is 2.20. The summed E-state index contributed by atoms with van der Waals surface area (Å²) >= 11 is 5.77. The lowest BCUT2D eigenvalue weighted by Gasteiger charge is -2.09. The second-order valence-electron chi connectivity index (χ2n) is 3.98. The average molecular weight is 272 g/mol. The molecule has 4 nitrogen and oxygen atoms in total. The number of anilines is 1. The van der Waals surface area contributed by atoms with E-state index in [1.54, 1.807) is 19.2 Å². The van der Waals surface area contributed by atoms with Gasteiger partial charge in [0.15, 0.2) is 0 Å². The van der Waals surface area contributed by atoms with E-state index in [1.807, 2.05) is 0 Å². The second-order valence-corrected chi connectivity index (χ2v) is 4.41. The molecule has 2 N–H and O–H groups in total. The number of carboxylic acid groups (broad SMARTS) is 1. The number of hydrogen-bond acceptors (Lipinski definition) is 3. The normalized spacial score (nSPS) is 10.3. The summed E-state index contributed by atoms with van der Waals surface area (Å²) < 4.78 is 4.96. The molecule has 0 fully saturated rings. The van der Waals surface area contributed by atoms with Gasteiger partial charge in [-0.15, -0.1) is 0 Å². The molecule has 1 rings (SSSR count). The van der Waals surface area contributed by atoms with Gasteiger partial charge in [-0.05, 0) is 37.5 Å². The number of rotatable bonds is 8. The van der Waals surface area contributed by atoms with Crippen LogP contribution in [-0.2, 0) is 4.74 Å². The summed E-state index contributed by atoms with van der Waals surface area (Å²) in [5.41, 5.74) is 0.818. The third kappa shape index (κ3) is 4.94. The highest BCUT2D eigenvalue weighted by molar-refractivity contribution is 6.31. The molecule has 5 heteroatoms.